The van der Waals surface area contributed by atoms with Gasteiger partial charge in [0.05, 0.1) is 11.4 Å². The van der Waals surface area contributed by atoms with Gasteiger partial charge in [-0.3, -0.25) is 4.98 Å². The fraction of sp³-hybridized carbons (Fsp3) is 0.0714. The van der Waals surface area contributed by atoms with Crippen LogP contribution in [0.4, 0.5) is 0 Å². The van der Waals surface area contributed by atoms with Gasteiger partial charge in [-0.2, -0.15) is 0 Å². The predicted molar refractivity (Wildman–Crippen MR) is 192 cm³/mol. The van der Waals surface area contributed by atoms with Gasteiger partial charge in [0.2, 0.25) is 0 Å². The maximum Gasteiger partial charge on any atom is 0.160 e. The first-order chi connectivity index (χ1) is 22.6. The van der Waals surface area contributed by atoms with Crippen molar-refractivity contribution in [1.29, 1.82) is 0 Å². The Morgan fingerprint density at radius 1 is 0.543 bits per heavy atom. The van der Waals surface area contributed by atoms with E-state index in [2.05, 4.69) is 140 Å². The van der Waals surface area contributed by atoms with Crippen molar-refractivity contribution in [2.75, 3.05) is 0 Å². The van der Waals surface area contributed by atoms with Crippen LogP contribution in [0.2, 0.25) is 0 Å². The van der Waals surface area contributed by atoms with Crippen molar-refractivity contribution in [1.82, 2.24) is 15.0 Å². The molecule has 4 heteroatoms. The van der Waals surface area contributed by atoms with Crippen LogP contribution in [0.3, 0.4) is 0 Å². The zero-order chi connectivity index (χ0) is 30.8. The van der Waals surface area contributed by atoms with E-state index in [1.807, 2.05) is 29.8 Å². The Hall–Kier alpha value is -5.45. The van der Waals surface area contributed by atoms with Gasteiger partial charge in [0.15, 0.2) is 5.82 Å². The maximum absolute atomic E-state index is 5.35. The predicted octanol–water partition coefficient (Wildman–Crippen LogP) is 11.2. The minimum Gasteiger partial charge on any atom is -0.264 e. The molecule has 3 aromatic heterocycles. The van der Waals surface area contributed by atoms with Crippen molar-refractivity contribution in [3.63, 3.8) is 0 Å². The van der Waals surface area contributed by atoms with Gasteiger partial charge in [-0.05, 0) is 40.5 Å². The van der Waals surface area contributed by atoms with Crippen LogP contribution in [0.5, 0.6) is 0 Å². The second-order valence-electron chi connectivity index (χ2n) is 12.5. The number of nitrogens with zero attached hydrogens (tertiary/aromatic N) is 3. The lowest BCUT2D eigenvalue weighted by molar-refractivity contribution is 0.658. The lowest BCUT2D eigenvalue weighted by Crippen LogP contribution is -2.17. The molecule has 0 unspecified atom stereocenters. The smallest absolute Gasteiger partial charge is 0.160 e. The van der Waals surface area contributed by atoms with Crippen LogP contribution in [-0.2, 0) is 5.41 Å². The molecule has 0 N–H and O–H groups in total. The number of pyridine rings is 1. The molecule has 1 aliphatic carbocycles. The van der Waals surface area contributed by atoms with E-state index in [0.29, 0.717) is 0 Å². The molecule has 3 nitrogen and oxygen atoms in total. The van der Waals surface area contributed by atoms with Crippen LogP contribution in [0.15, 0.2) is 140 Å². The molecule has 0 saturated heterocycles. The molecule has 218 valence electrons. The van der Waals surface area contributed by atoms with Crippen molar-refractivity contribution in [2.24, 2.45) is 0 Å². The highest BCUT2D eigenvalue weighted by atomic mass is 32.1. The molecule has 0 saturated carbocycles. The van der Waals surface area contributed by atoms with Crippen molar-refractivity contribution in [3.05, 3.63) is 151 Å². The number of rotatable bonds is 4. The summed E-state index contributed by atoms with van der Waals surface area (Å²) < 4.78 is 2.64. The van der Waals surface area contributed by atoms with Gasteiger partial charge >= 0.3 is 0 Å². The van der Waals surface area contributed by atoms with Gasteiger partial charge < -0.3 is 0 Å². The van der Waals surface area contributed by atoms with Crippen LogP contribution >= 0.6 is 11.3 Å². The second-order valence-corrected chi connectivity index (χ2v) is 13.5. The van der Waals surface area contributed by atoms with Crippen LogP contribution < -0.4 is 0 Å². The highest BCUT2D eigenvalue weighted by molar-refractivity contribution is 7.26. The minimum absolute atomic E-state index is 0.239. The molecule has 0 fully saturated rings. The molecule has 46 heavy (non-hydrogen) atoms. The molecule has 8 aromatic rings. The van der Waals surface area contributed by atoms with Gasteiger partial charge in [0.1, 0.15) is 0 Å². The topological polar surface area (TPSA) is 38.7 Å². The summed E-state index contributed by atoms with van der Waals surface area (Å²) in [5.41, 5.74) is 12.1. The molecular formula is C42H29N3S. The molecule has 3 heterocycles. The molecule has 0 spiro atoms. The average molecular weight is 608 g/mol. The number of hydrogen-bond acceptors (Lipinski definition) is 4. The summed E-state index contributed by atoms with van der Waals surface area (Å²) in [4.78, 5) is 15.0. The van der Waals surface area contributed by atoms with E-state index in [-0.39, 0.29) is 5.41 Å². The normalized spacial score (nSPS) is 13.2. The van der Waals surface area contributed by atoms with Gasteiger partial charge in [-0.15, -0.1) is 11.3 Å². The fourth-order valence-corrected chi connectivity index (χ4v) is 8.35. The van der Waals surface area contributed by atoms with Gasteiger partial charge in [-0.1, -0.05) is 123 Å². The molecule has 0 amide bonds. The molecule has 1 aliphatic rings. The lowest BCUT2D eigenvalue weighted by Gasteiger charge is -2.24. The largest absolute Gasteiger partial charge is 0.264 e. The zero-order valence-electron chi connectivity index (χ0n) is 25.5. The van der Waals surface area contributed by atoms with Crippen LogP contribution in [0.1, 0.15) is 25.0 Å². The summed E-state index contributed by atoms with van der Waals surface area (Å²) in [6, 6.07) is 45.5. The quantitative estimate of drug-likeness (QED) is 0.200. The molecular weight excluding hydrogens is 579 g/mol. The van der Waals surface area contributed by atoms with E-state index in [1.54, 1.807) is 0 Å². The molecule has 9 rings (SSSR count). The van der Waals surface area contributed by atoms with Crippen molar-refractivity contribution >= 4 is 31.5 Å². The summed E-state index contributed by atoms with van der Waals surface area (Å²) in [5.74, 6) is 0.736. The third kappa shape index (κ3) is 4.14. The molecule has 0 bridgehead atoms. The van der Waals surface area contributed by atoms with Gasteiger partial charge in [0, 0.05) is 65.8 Å². The number of hydrogen-bond donors (Lipinski definition) is 0. The lowest BCUT2D eigenvalue weighted by atomic mass is 9.80. The third-order valence-electron chi connectivity index (χ3n) is 9.38. The Bertz CT molecular complexity index is 2440. The van der Waals surface area contributed by atoms with Gasteiger partial charge in [-0.25, -0.2) is 9.97 Å². The first-order valence-electron chi connectivity index (χ1n) is 15.6. The highest BCUT2D eigenvalue weighted by Gasteiger charge is 2.40. The Morgan fingerprint density at radius 3 is 2.11 bits per heavy atom. The fourth-order valence-electron chi connectivity index (χ4n) is 7.11. The summed E-state index contributed by atoms with van der Waals surface area (Å²) in [5, 5.41) is 2.62. The van der Waals surface area contributed by atoms with Crippen LogP contribution in [-0.4, -0.2) is 15.0 Å². The Kier molecular flexibility index (Phi) is 6.02. The Labute approximate surface area is 271 Å². The van der Waals surface area contributed by atoms with Crippen LogP contribution in [0.25, 0.3) is 76.3 Å². The molecule has 5 aromatic carbocycles. The summed E-state index contributed by atoms with van der Waals surface area (Å²) in [7, 11) is 0. The maximum atomic E-state index is 5.35. The molecule has 0 radical (unpaired) electrons. The second kappa shape index (κ2) is 10.3. The van der Waals surface area contributed by atoms with E-state index in [0.717, 1.165) is 39.5 Å². The summed E-state index contributed by atoms with van der Waals surface area (Å²) >= 11 is 1.86. The molecule has 0 atom stereocenters. The zero-order valence-corrected chi connectivity index (χ0v) is 26.3. The van der Waals surface area contributed by atoms with Crippen molar-refractivity contribution in [2.45, 2.75) is 19.3 Å². The highest BCUT2D eigenvalue weighted by Crippen LogP contribution is 2.51. The number of fused-ring (bicyclic) bond motifs is 6. The van der Waals surface area contributed by atoms with E-state index in [9.17, 15) is 0 Å². The van der Waals surface area contributed by atoms with E-state index in [1.165, 1.54) is 48.0 Å². The van der Waals surface area contributed by atoms with E-state index >= 15 is 0 Å². The van der Waals surface area contributed by atoms with Crippen molar-refractivity contribution < 1.29 is 0 Å². The minimum atomic E-state index is -0.239. The first kappa shape index (κ1) is 26.9. The summed E-state index contributed by atoms with van der Waals surface area (Å²) in [6.45, 7) is 4.58. The van der Waals surface area contributed by atoms with Crippen molar-refractivity contribution in [3.8, 4) is 56.2 Å². The Morgan fingerprint density at radius 2 is 1.24 bits per heavy atom. The number of benzene rings is 5. The van der Waals surface area contributed by atoms with Crippen LogP contribution in [0, 0.1) is 0 Å². The first-order valence-corrected chi connectivity index (χ1v) is 16.4. The number of aromatic nitrogens is 3. The monoisotopic (exact) mass is 607 g/mol. The number of thiophene rings is 1. The van der Waals surface area contributed by atoms with Gasteiger partial charge in [0.25, 0.3) is 0 Å². The Balaban J connectivity index is 1.20. The standard InChI is InChI=1S/C42H29N3S/c1-42(2)35-17-5-3-14-34(35)39-37(42)38(29-11-7-10-28(24-29)30-12-9-23-43-25-30)44-41(45-39)27-21-19-26(20-22-27)31-15-8-16-33-32-13-4-6-18-36(32)46-40(31)33/h3-25H,1-2H3. The third-order valence-corrected chi connectivity index (χ3v) is 10.6. The average Bonchev–Trinajstić information content (AvgIpc) is 3.61. The van der Waals surface area contributed by atoms with E-state index in [4.69, 9.17) is 9.97 Å². The van der Waals surface area contributed by atoms with E-state index < -0.39 is 0 Å². The SMILES string of the molecule is CC1(C)c2ccccc2-c2nc(-c3ccc(-c4cccc5c4sc4ccccc45)cc3)nc(-c3cccc(-c4cccnc4)c3)c21. The summed E-state index contributed by atoms with van der Waals surface area (Å²) in [6.07, 6.45) is 3.72. The molecule has 0 aliphatic heterocycles.